The maximum atomic E-state index is 12.7. The zero-order chi connectivity index (χ0) is 21.2. The molecule has 2 aromatic rings. The van der Waals surface area contributed by atoms with Crippen molar-refractivity contribution in [3.8, 4) is 10.4 Å². The molecule has 1 fully saturated rings. The normalized spacial score (nSPS) is 19.3. The number of hydrogen-bond acceptors (Lipinski definition) is 6. The highest BCUT2D eigenvalue weighted by atomic mass is 32.1. The summed E-state index contributed by atoms with van der Waals surface area (Å²) < 4.78 is 5.36. The Labute approximate surface area is 174 Å². The summed E-state index contributed by atoms with van der Waals surface area (Å²) in [5.74, 6) is -0.296. The van der Waals surface area contributed by atoms with E-state index in [-0.39, 0.29) is 18.9 Å². The molecular formula is C21H27N3O4S. The summed E-state index contributed by atoms with van der Waals surface area (Å²) in [5.41, 5.74) is 4.20. The summed E-state index contributed by atoms with van der Waals surface area (Å²) >= 11 is 1.60. The zero-order valence-electron chi connectivity index (χ0n) is 17.1. The number of carbonyl (C=O) groups is 2. The molecule has 2 amide bonds. The van der Waals surface area contributed by atoms with Gasteiger partial charge in [-0.2, -0.15) is 0 Å². The van der Waals surface area contributed by atoms with Crippen LogP contribution in [-0.2, 0) is 16.1 Å². The minimum Gasteiger partial charge on any atom is -0.444 e. The average molecular weight is 418 g/mol. The van der Waals surface area contributed by atoms with Crippen LogP contribution in [-0.4, -0.2) is 51.3 Å². The van der Waals surface area contributed by atoms with Crippen LogP contribution in [0, 0.1) is 6.92 Å². The van der Waals surface area contributed by atoms with Crippen LogP contribution in [0.3, 0.4) is 0 Å². The van der Waals surface area contributed by atoms with Crippen LogP contribution in [0.1, 0.15) is 38.4 Å². The Balaban J connectivity index is 1.60. The van der Waals surface area contributed by atoms with Crippen LogP contribution in [0.4, 0.5) is 4.79 Å². The number of β-amino-alcohol motifs (C(OH)–C–C–N with tert-alkyl or cyclic N) is 1. The summed E-state index contributed by atoms with van der Waals surface area (Å²) in [4.78, 5) is 31.8. The van der Waals surface area contributed by atoms with Gasteiger partial charge in [-0.15, -0.1) is 11.3 Å². The van der Waals surface area contributed by atoms with Crippen molar-refractivity contribution >= 4 is 23.3 Å². The van der Waals surface area contributed by atoms with E-state index >= 15 is 0 Å². The third-order valence-corrected chi connectivity index (χ3v) is 5.62. The zero-order valence-corrected chi connectivity index (χ0v) is 18.0. The van der Waals surface area contributed by atoms with Crippen LogP contribution >= 0.6 is 11.3 Å². The number of nitrogens with zero attached hydrogens (tertiary/aromatic N) is 2. The number of aliphatic hydroxyl groups excluding tert-OH is 1. The van der Waals surface area contributed by atoms with Crippen molar-refractivity contribution < 1.29 is 19.4 Å². The molecule has 1 aliphatic rings. The van der Waals surface area contributed by atoms with Crippen molar-refractivity contribution in [3.63, 3.8) is 0 Å². The lowest BCUT2D eigenvalue weighted by molar-refractivity contribution is -0.125. The second kappa shape index (κ2) is 8.51. The lowest BCUT2D eigenvalue weighted by atomic mass is 10.1. The van der Waals surface area contributed by atoms with Crippen LogP contribution in [0.25, 0.3) is 10.4 Å². The van der Waals surface area contributed by atoms with Crippen LogP contribution < -0.4 is 5.32 Å². The summed E-state index contributed by atoms with van der Waals surface area (Å²) in [7, 11) is 0. The van der Waals surface area contributed by atoms with Gasteiger partial charge in [0, 0.05) is 13.0 Å². The highest BCUT2D eigenvalue weighted by Crippen LogP contribution is 2.27. The molecule has 1 aromatic carbocycles. The van der Waals surface area contributed by atoms with Crippen molar-refractivity contribution in [1.29, 1.82) is 0 Å². The number of benzene rings is 1. The highest BCUT2D eigenvalue weighted by Gasteiger charge is 2.40. The molecule has 0 spiro atoms. The van der Waals surface area contributed by atoms with Crippen molar-refractivity contribution in [2.24, 2.45) is 0 Å². The summed E-state index contributed by atoms with van der Waals surface area (Å²) in [6, 6.07) is 7.20. The number of nitrogens with one attached hydrogen (secondary N) is 1. The van der Waals surface area contributed by atoms with Gasteiger partial charge in [0.15, 0.2) is 0 Å². The summed E-state index contributed by atoms with van der Waals surface area (Å²) in [5, 5.41) is 12.8. The minimum absolute atomic E-state index is 0.0932. The topological polar surface area (TPSA) is 91.8 Å². The molecule has 29 heavy (non-hydrogen) atoms. The fraction of sp³-hybridized carbons (Fsp3) is 0.476. The van der Waals surface area contributed by atoms with Gasteiger partial charge in [0.2, 0.25) is 5.91 Å². The third-order valence-electron chi connectivity index (χ3n) is 4.64. The maximum absolute atomic E-state index is 12.7. The lowest BCUT2D eigenvalue weighted by Crippen LogP contribution is -2.47. The quantitative estimate of drug-likeness (QED) is 0.798. The Hall–Kier alpha value is -2.45. The molecule has 0 bridgehead atoms. The maximum Gasteiger partial charge on any atom is 0.411 e. The van der Waals surface area contributed by atoms with Crippen LogP contribution in [0.5, 0.6) is 0 Å². The van der Waals surface area contributed by atoms with Crippen molar-refractivity contribution in [1.82, 2.24) is 15.2 Å². The number of aryl methyl sites for hydroxylation is 1. The SMILES string of the molecule is Cc1ncsc1-c1ccc(CNC(=O)C2C[C@H](O)CN2C(=O)OC(C)(C)C)cc1. The largest absolute Gasteiger partial charge is 0.444 e. The van der Waals surface area contributed by atoms with Gasteiger partial charge < -0.3 is 15.2 Å². The van der Waals surface area contributed by atoms with E-state index in [1.807, 2.05) is 36.7 Å². The molecule has 1 aromatic heterocycles. The van der Waals surface area contributed by atoms with E-state index in [4.69, 9.17) is 4.74 Å². The first-order valence-electron chi connectivity index (χ1n) is 9.59. The van der Waals surface area contributed by atoms with E-state index in [1.165, 1.54) is 4.90 Å². The Bertz CT molecular complexity index is 873. The number of aromatic nitrogens is 1. The van der Waals surface area contributed by atoms with Gasteiger partial charge in [-0.3, -0.25) is 9.69 Å². The second-order valence-electron chi connectivity index (χ2n) is 8.22. The highest BCUT2D eigenvalue weighted by molar-refractivity contribution is 7.13. The smallest absolute Gasteiger partial charge is 0.411 e. The van der Waals surface area contributed by atoms with Gasteiger partial charge in [0.25, 0.3) is 0 Å². The lowest BCUT2D eigenvalue weighted by Gasteiger charge is -2.27. The molecule has 2 atom stereocenters. The molecule has 2 N–H and O–H groups in total. The first-order chi connectivity index (χ1) is 13.6. The van der Waals surface area contributed by atoms with Crippen LogP contribution in [0.15, 0.2) is 29.8 Å². The van der Waals surface area contributed by atoms with E-state index in [2.05, 4.69) is 10.3 Å². The molecule has 3 rings (SSSR count). The predicted octanol–water partition coefficient (Wildman–Crippen LogP) is 3.11. The molecule has 0 radical (unpaired) electrons. The number of carbonyl (C=O) groups excluding carboxylic acids is 2. The van der Waals surface area contributed by atoms with Gasteiger partial charge in [0.1, 0.15) is 11.6 Å². The van der Waals surface area contributed by atoms with Gasteiger partial charge in [-0.1, -0.05) is 24.3 Å². The monoisotopic (exact) mass is 417 g/mol. The summed E-state index contributed by atoms with van der Waals surface area (Å²) in [6.45, 7) is 7.72. The first-order valence-corrected chi connectivity index (χ1v) is 10.5. The Morgan fingerprint density at radius 1 is 1.31 bits per heavy atom. The van der Waals surface area contributed by atoms with Crippen molar-refractivity contribution in [2.75, 3.05) is 6.54 Å². The number of likely N-dealkylation sites (tertiary alicyclic amines) is 1. The molecule has 0 aliphatic carbocycles. The molecule has 1 saturated heterocycles. The molecule has 1 aliphatic heterocycles. The predicted molar refractivity (Wildman–Crippen MR) is 111 cm³/mol. The fourth-order valence-electron chi connectivity index (χ4n) is 3.24. The molecule has 8 heteroatoms. The molecule has 7 nitrogen and oxygen atoms in total. The van der Waals surface area contributed by atoms with E-state index in [1.54, 1.807) is 32.1 Å². The number of ether oxygens (including phenoxy) is 1. The van der Waals surface area contributed by atoms with E-state index < -0.39 is 23.8 Å². The first kappa shape index (κ1) is 21.3. The number of rotatable bonds is 4. The molecule has 0 saturated carbocycles. The van der Waals surface area contributed by atoms with E-state index in [0.29, 0.717) is 6.54 Å². The summed E-state index contributed by atoms with van der Waals surface area (Å²) in [6.07, 6.45) is -1.12. The fourth-order valence-corrected chi connectivity index (χ4v) is 4.06. The van der Waals surface area contributed by atoms with E-state index in [9.17, 15) is 14.7 Å². The third kappa shape index (κ3) is 5.33. The number of aliphatic hydroxyl groups is 1. The van der Waals surface area contributed by atoms with Crippen molar-refractivity contribution in [3.05, 3.63) is 41.0 Å². The standard InChI is InChI=1S/C21H27N3O4S/c1-13-18(29-12-23-13)15-7-5-14(6-8-15)10-22-19(26)17-9-16(25)11-24(17)20(27)28-21(2,3)4/h5-8,12,16-17,25H,9-11H2,1-4H3,(H,22,26)/t16-,17?/m0/s1. The molecule has 2 heterocycles. The van der Waals surface area contributed by atoms with Gasteiger partial charge in [0.05, 0.1) is 28.7 Å². The van der Waals surface area contributed by atoms with Gasteiger partial charge in [-0.25, -0.2) is 9.78 Å². The Morgan fingerprint density at radius 3 is 2.59 bits per heavy atom. The number of hydrogen-bond donors (Lipinski definition) is 2. The van der Waals surface area contributed by atoms with Gasteiger partial charge >= 0.3 is 6.09 Å². The number of amides is 2. The minimum atomic E-state index is -0.737. The van der Waals surface area contributed by atoms with Crippen LogP contribution in [0.2, 0.25) is 0 Å². The van der Waals surface area contributed by atoms with Gasteiger partial charge in [-0.05, 0) is 38.8 Å². The second-order valence-corrected chi connectivity index (χ2v) is 9.07. The van der Waals surface area contributed by atoms with Crippen molar-refractivity contribution in [2.45, 2.75) is 58.4 Å². The molecule has 1 unspecified atom stereocenters. The average Bonchev–Trinajstić information content (AvgIpc) is 3.24. The Morgan fingerprint density at radius 2 is 2.00 bits per heavy atom. The molecule has 156 valence electrons. The molecular weight excluding hydrogens is 390 g/mol. The number of thiazole rings is 1. The van der Waals surface area contributed by atoms with E-state index in [0.717, 1.165) is 21.7 Å². The Kier molecular flexibility index (Phi) is 6.24.